The zero-order valence-electron chi connectivity index (χ0n) is 15.3. The third-order valence-electron chi connectivity index (χ3n) is 3.95. The van der Waals surface area contributed by atoms with E-state index in [1.54, 1.807) is 14.0 Å². The number of anilines is 1. The molecule has 0 unspecified atom stereocenters. The lowest BCUT2D eigenvalue weighted by atomic mass is 10.2. The van der Waals surface area contributed by atoms with Crippen molar-refractivity contribution in [3.8, 4) is 17.1 Å². The number of hydrogen-bond donors (Lipinski definition) is 2. The highest BCUT2D eigenvalue weighted by molar-refractivity contribution is 8.00. The Morgan fingerprint density at radius 1 is 1.22 bits per heavy atom. The van der Waals surface area contributed by atoms with Crippen LogP contribution in [0.25, 0.3) is 11.4 Å². The second kappa shape index (κ2) is 8.13. The first-order valence-corrected chi connectivity index (χ1v) is 9.25. The Hall–Kier alpha value is -3.00. The molecule has 0 fully saturated rings. The number of carbonyl (C=O) groups excluding carboxylic acids is 1. The number of carbonyl (C=O) groups is 1. The largest absolute Gasteiger partial charge is 0.497 e. The van der Waals surface area contributed by atoms with Gasteiger partial charge in [0.2, 0.25) is 11.1 Å². The Balaban J connectivity index is 1.70. The molecule has 2 aromatic carbocycles. The molecule has 0 aliphatic heterocycles. The number of methoxy groups -OCH3 is 1. The predicted molar refractivity (Wildman–Crippen MR) is 107 cm³/mol. The number of amides is 1. The summed E-state index contributed by atoms with van der Waals surface area (Å²) in [4.78, 5) is 12.4. The van der Waals surface area contributed by atoms with Crippen LogP contribution in [0.3, 0.4) is 0 Å². The summed E-state index contributed by atoms with van der Waals surface area (Å²) >= 11 is 1.25. The molecule has 3 rings (SSSR count). The fourth-order valence-electron chi connectivity index (χ4n) is 2.47. The van der Waals surface area contributed by atoms with Crippen molar-refractivity contribution in [1.29, 1.82) is 0 Å². The Morgan fingerprint density at radius 3 is 2.63 bits per heavy atom. The summed E-state index contributed by atoms with van der Waals surface area (Å²) in [5.41, 5.74) is 2.66. The minimum absolute atomic E-state index is 0.125. The van der Waals surface area contributed by atoms with E-state index < -0.39 is 0 Å². The SMILES string of the molecule is COc1ccc(-c2nnc(S[C@H](C)C(=O)Nc3cccc(C)c3)n2N)cc1. The van der Waals surface area contributed by atoms with E-state index in [4.69, 9.17) is 10.6 Å². The lowest BCUT2D eigenvalue weighted by Gasteiger charge is -2.12. The normalized spacial score (nSPS) is 11.8. The van der Waals surface area contributed by atoms with Crippen molar-refractivity contribution in [3.63, 3.8) is 0 Å². The van der Waals surface area contributed by atoms with Crippen molar-refractivity contribution in [3.05, 3.63) is 54.1 Å². The van der Waals surface area contributed by atoms with Crippen LogP contribution in [0.2, 0.25) is 0 Å². The monoisotopic (exact) mass is 383 g/mol. The van der Waals surface area contributed by atoms with Gasteiger partial charge in [0.15, 0.2) is 5.82 Å². The van der Waals surface area contributed by atoms with Gasteiger partial charge in [-0.05, 0) is 55.8 Å². The van der Waals surface area contributed by atoms with Gasteiger partial charge in [-0.15, -0.1) is 10.2 Å². The van der Waals surface area contributed by atoms with Gasteiger partial charge in [-0.1, -0.05) is 23.9 Å². The summed E-state index contributed by atoms with van der Waals surface area (Å²) in [6.45, 7) is 3.78. The molecule has 1 atom stereocenters. The maximum absolute atomic E-state index is 12.4. The number of hydrogen-bond acceptors (Lipinski definition) is 6. The molecule has 1 amide bonds. The van der Waals surface area contributed by atoms with E-state index in [-0.39, 0.29) is 11.2 Å². The van der Waals surface area contributed by atoms with E-state index in [0.29, 0.717) is 11.0 Å². The summed E-state index contributed by atoms with van der Waals surface area (Å²) in [6.07, 6.45) is 0. The van der Waals surface area contributed by atoms with Crippen molar-refractivity contribution >= 4 is 23.4 Å². The molecule has 1 heterocycles. The van der Waals surface area contributed by atoms with Gasteiger partial charge in [0, 0.05) is 11.3 Å². The van der Waals surface area contributed by atoms with E-state index >= 15 is 0 Å². The summed E-state index contributed by atoms with van der Waals surface area (Å²) < 4.78 is 6.54. The minimum atomic E-state index is -0.388. The van der Waals surface area contributed by atoms with Crippen LogP contribution in [0.15, 0.2) is 53.7 Å². The van der Waals surface area contributed by atoms with Gasteiger partial charge in [-0.25, -0.2) is 4.68 Å². The summed E-state index contributed by atoms with van der Waals surface area (Å²) in [7, 11) is 1.61. The number of nitrogen functional groups attached to an aromatic ring is 1. The van der Waals surface area contributed by atoms with Gasteiger partial charge < -0.3 is 15.9 Å². The zero-order valence-corrected chi connectivity index (χ0v) is 16.2. The van der Waals surface area contributed by atoms with Gasteiger partial charge in [-0.3, -0.25) is 4.79 Å². The standard InChI is InChI=1S/C19H21N5O2S/c1-12-5-4-6-15(11-12)21-18(25)13(2)27-19-23-22-17(24(19)20)14-7-9-16(26-3)10-8-14/h4-11,13H,20H2,1-3H3,(H,21,25)/t13-/m1/s1. The van der Waals surface area contributed by atoms with Crippen LogP contribution in [-0.4, -0.2) is 33.1 Å². The minimum Gasteiger partial charge on any atom is -0.497 e. The van der Waals surface area contributed by atoms with Gasteiger partial charge in [-0.2, -0.15) is 0 Å². The zero-order chi connectivity index (χ0) is 19.4. The molecule has 0 saturated carbocycles. The molecule has 140 valence electrons. The molecule has 0 spiro atoms. The average Bonchev–Trinajstić information content (AvgIpc) is 3.02. The van der Waals surface area contributed by atoms with Crippen LogP contribution in [0.1, 0.15) is 12.5 Å². The van der Waals surface area contributed by atoms with Gasteiger partial charge in [0.05, 0.1) is 12.4 Å². The molecule has 0 aliphatic carbocycles. The highest BCUT2D eigenvalue weighted by Gasteiger charge is 2.20. The molecule has 1 aromatic heterocycles. The van der Waals surface area contributed by atoms with Crippen LogP contribution in [0.5, 0.6) is 5.75 Å². The number of nitrogens with zero attached hydrogens (tertiary/aromatic N) is 3. The first-order chi connectivity index (χ1) is 13.0. The summed E-state index contributed by atoms with van der Waals surface area (Å²) in [6, 6.07) is 15.0. The molecule has 0 bridgehead atoms. The second-order valence-corrected chi connectivity index (χ2v) is 7.33. The first-order valence-electron chi connectivity index (χ1n) is 8.37. The topological polar surface area (TPSA) is 95.1 Å². The van der Waals surface area contributed by atoms with Crippen LogP contribution in [0.4, 0.5) is 5.69 Å². The number of benzene rings is 2. The third kappa shape index (κ3) is 4.40. The number of rotatable bonds is 6. The van der Waals surface area contributed by atoms with E-state index in [2.05, 4.69) is 15.5 Å². The number of aromatic nitrogens is 3. The number of aryl methyl sites for hydroxylation is 1. The Kier molecular flexibility index (Phi) is 5.66. The Morgan fingerprint density at radius 2 is 1.96 bits per heavy atom. The smallest absolute Gasteiger partial charge is 0.237 e. The molecule has 0 radical (unpaired) electrons. The maximum Gasteiger partial charge on any atom is 0.237 e. The first kappa shape index (κ1) is 18.8. The van der Waals surface area contributed by atoms with Crippen molar-refractivity contribution in [2.24, 2.45) is 0 Å². The molecule has 0 aliphatic rings. The number of nitrogens with one attached hydrogen (secondary N) is 1. The predicted octanol–water partition coefficient (Wildman–Crippen LogP) is 3.10. The summed E-state index contributed by atoms with van der Waals surface area (Å²) in [5, 5.41) is 11.2. The van der Waals surface area contributed by atoms with Gasteiger partial charge in [0.1, 0.15) is 5.75 Å². The van der Waals surface area contributed by atoms with Crippen LogP contribution in [-0.2, 0) is 4.79 Å². The molecule has 3 N–H and O–H groups in total. The molecule has 27 heavy (non-hydrogen) atoms. The molecule has 3 aromatic rings. The molecule has 7 nitrogen and oxygen atoms in total. The highest BCUT2D eigenvalue weighted by atomic mass is 32.2. The van der Waals surface area contributed by atoms with Crippen LogP contribution < -0.4 is 15.9 Å². The quantitative estimate of drug-likeness (QED) is 0.502. The number of nitrogens with two attached hydrogens (primary N) is 1. The molecular formula is C19H21N5O2S. The van der Waals surface area contributed by atoms with Gasteiger partial charge in [0.25, 0.3) is 0 Å². The van der Waals surface area contributed by atoms with Crippen LogP contribution >= 0.6 is 11.8 Å². The van der Waals surface area contributed by atoms with Gasteiger partial charge >= 0.3 is 0 Å². The molecule has 8 heteroatoms. The van der Waals surface area contributed by atoms with E-state index in [1.807, 2.05) is 55.5 Å². The van der Waals surface area contributed by atoms with Crippen molar-refractivity contribution in [2.75, 3.05) is 18.3 Å². The van der Waals surface area contributed by atoms with Crippen molar-refractivity contribution in [2.45, 2.75) is 24.3 Å². The van der Waals surface area contributed by atoms with E-state index in [0.717, 1.165) is 22.6 Å². The Labute approximate surface area is 161 Å². The van der Waals surface area contributed by atoms with Crippen LogP contribution in [0, 0.1) is 6.92 Å². The van der Waals surface area contributed by atoms with Crippen molar-refractivity contribution in [1.82, 2.24) is 14.9 Å². The average molecular weight is 383 g/mol. The van der Waals surface area contributed by atoms with Crippen molar-refractivity contribution < 1.29 is 9.53 Å². The Bertz CT molecular complexity index is 940. The number of thioether (sulfide) groups is 1. The number of ether oxygens (including phenoxy) is 1. The second-order valence-electron chi connectivity index (χ2n) is 6.02. The highest BCUT2D eigenvalue weighted by Crippen LogP contribution is 2.26. The third-order valence-corrected chi connectivity index (χ3v) is 5.01. The molecular weight excluding hydrogens is 362 g/mol. The lowest BCUT2D eigenvalue weighted by Crippen LogP contribution is -2.23. The lowest BCUT2D eigenvalue weighted by molar-refractivity contribution is -0.115. The van der Waals surface area contributed by atoms with E-state index in [9.17, 15) is 4.79 Å². The molecule has 0 saturated heterocycles. The van der Waals surface area contributed by atoms with E-state index in [1.165, 1.54) is 16.4 Å². The fraction of sp³-hybridized carbons (Fsp3) is 0.211. The maximum atomic E-state index is 12.4. The summed E-state index contributed by atoms with van der Waals surface area (Å²) in [5.74, 6) is 7.28. The fourth-order valence-corrected chi connectivity index (χ4v) is 3.24.